The highest BCUT2D eigenvalue weighted by Crippen LogP contribution is 2.30. The van der Waals surface area contributed by atoms with Gasteiger partial charge in [-0.15, -0.1) is 4.28 Å². The molecule has 0 aromatic rings. The SMILES string of the molecule is NC[C@@H]1CN[C@H](CONC(=O)[C@@H]2CC[C@@H]3CN2C(=O)N3OS(=O)(=O)O)C1.O=C(O)C(F)(F)F. The Bertz CT molecular complexity index is 843. The third kappa shape index (κ3) is 7.64. The normalized spacial score (nSPS) is 27.2. The van der Waals surface area contributed by atoms with Crippen molar-refractivity contribution in [1.82, 2.24) is 20.8 Å². The maximum absolute atomic E-state index is 12.3. The zero-order valence-electron chi connectivity index (χ0n) is 17.0. The molecule has 18 heteroatoms. The minimum Gasteiger partial charge on any atom is -0.475 e. The van der Waals surface area contributed by atoms with Gasteiger partial charge in [0.15, 0.2) is 0 Å². The molecule has 0 saturated carbocycles. The lowest BCUT2D eigenvalue weighted by atomic mass is 10.0. The van der Waals surface area contributed by atoms with Gasteiger partial charge in [0.1, 0.15) is 6.04 Å². The standard InChI is InChI=1S/C13H23N5O7S.C2HF3O2/c14-4-8-3-9(15-5-8)7-24-16-12(19)11-2-1-10-6-17(11)13(20)18(10)25-26(21,22)23;3-2(4,5)1(6)7/h8-11,15H,1-7,14H2,(H,16,19)(H,21,22,23);(H,6,7)/t8-,9+,10-,11+;/m1./s1. The molecule has 0 spiro atoms. The van der Waals surface area contributed by atoms with Crippen molar-refractivity contribution in [3.63, 3.8) is 0 Å². The third-order valence-corrected chi connectivity index (χ3v) is 5.50. The molecule has 190 valence electrons. The van der Waals surface area contributed by atoms with E-state index in [4.69, 9.17) is 25.0 Å². The van der Waals surface area contributed by atoms with Crippen LogP contribution in [-0.4, -0.2) is 96.5 Å². The summed E-state index contributed by atoms with van der Waals surface area (Å²) in [7, 11) is -4.81. The highest BCUT2D eigenvalue weighted by atomic mass is 32.3. The number of carbonyl (C=O) groups is 3. The van der Waals surface area contributed by atoms with Crippen LogP contribution >= 0.6 is 0 Å². The number of fused-ring (bicyclic) bond motifs is 2. The number of amides is 3. The number of nitrogens with one attached hydrogen (secondary N) is 2. The van der Waals surface area contributed by atoms with E-state index in [1.165, 1.54) is 4.90 Å². The van der Waals surface area contributed by atoms with Gasteiger partial charge in [-0.05, 0) is 38.3 Å². The van der Waals surface area contributed by atoms with Crippen LogP contribution in [0.15, 0.2) is 0 Å². The van der Waals surface area contributed by atoms with Gasteiger partial charge in [0, 0.05) is 12.6 Å². The van der Waals surface area contributed by atoms with Crippen LogP contribution in [0.4, 0.5) is 18.0 Å². The van der Waals surface area contributed by atoms with Crippen molar-refractivity contribution in [3.8, 4) is 0 Å². The second-order valence-electron chi connectivity index (χ2n) is 7.53. The van der Waals surface area contributed by atoms with E-state index in [1.54, 1.807) is 0 Å². The second-order valence-corrected chi connectivity index (χ2v) is 8.54. The Hall–Kier alpha value is -2.25. The predicted octanol–water partition coefficient (Wildman–Crippen LogP) is -1.39. The molecule has 3 rings (SSSR count). The number of aliphatic carboxylic acids is 1. The summed E-state index contributed by atoms with van der Waals surface area (Å²) < 4.78 is 66.5. The molecule has 3 amide bonds. The molecule has 6 N–H and O–H groups in total. The average molecular weight is 507 g/mol. The van der Waals surface area contributed by atoms with Crippen LogP contribution in [0.2, 0.25) is 0 Å². The first-order valence-corrected chi connectivity index (χ1v) is 11.0. The number of carbonyl (C=O) groups excluding carboxylic acids is 2. The van der Waals surface area contributed by atoms with Crippen molar-refractivity contribution < 1.29 is 54.8 Å². The summed E-state index contributed by atoms with van der Waals surface area (Å²) in [5, 5.41) is 11.0. The van der Waals surface area contributed by atoms with E-state index in [-0.39, 0.29) is 19.2 Å². The van der Waals surface area contributed by atoms with Crippen molar-refractivity contribution in [3.05, 3.63) is 0 Å². The van der Waals surface area contributed by atoms with Crippen LogP contribution in [0.3, 0.4) is 0 Å². The summed E-state index contributed by atoms with van der Waals surface area (Å²) >= 11 is 0. The van der Waals surface area contributed by atoms with Crippen LogP contribution in [0, 0.1) is 5.92 Å². The summed E-state index contributed by atoms with van der Waals surface area (Å²) in [6.07, 6.45) is -3.53. The Balaban J connectivity index is 0.000000479. The number of carboxylic acid groups (broad SMARTS) is 1. The minimum absolute atomic E-state index is 0.103. The highest BCUT2D eigenvalue weighted by Gasteiger charge is 2.49. The zero-order valence-corrected chi connectivity index (χ0v) is 17.8. The first kappa shape index (κ1) is 27.0. The molecule has 2 bridgehead atoms. The first-order chi connectivity index (χ1) is 15.2. The first-order valence-electron chi connectivity index (χ1n) is 9.65. The van der Waals surface area contributed by atoms with Gasteiger partial charge >= 0.3 is 28.6 Å². The minimum atomic E-state index is -5.08. The molecule has 0 unspecified atom stereocenters. The van der Waals surface area contributed by atoms with Gasteiger partial charge in [-0.25, -0.2) is 15.1 Å². The van der Waals surface area contributed by atoms with Crippen LogP contribution in [-0.2, 0) is 29.1 Å². The molecular formula is C15H24F3N5O9S. The number of piperidine rings is 1. The number of hydrogen-bond acceptors (Lipinski definition) is 9. The quantitative estimate of drug-likeness (QED) is 0.201. The molecule has 14 nitrogen and oxygen atoms in total. The van der Waals surface area contributed by atoms with Crippen molar-refractivity contribution in [2.75, 3.05) is 26.2 Å². The lowest BCUT2D eigenvalue weighted by Crippen LogP contribution is -2.50. The van der Waals surface area contributed by atoms with E-state index in [0.29, 0.717) is 30.4 Å². The molecule has 3 fully saturated rings. The van der Waals surface area contributed by atoms with E-state index in [9.17, 15) is 31.2 Å². The number of urea groups is 1. The summed E-state index contributed by atoms with van der Waals surface area (Å²) in [6.45, 7) is 1.82. The predicted molar refractivity (Wildman–Crippen MR) is 100 cm³/mol. The van der Waals surface area contributed by atoms with Gasteiger partial charge in [0.25, 0.3) is 5.91 Å². The van der Waals surface area contributed by atoms with E-state index in [0.717, 1.165) is 13.0 Å². The molecule has 3 heterocycles. The molecule has 4 atom stereocenters. The Morgan fingerprint density at radius 1 is 1.30 bits per heavy atom. The van der Waals surface area contributed by atoms with Gasteiger partial charge < -0.3 is 21.1 Å². The Kier molecular flexibility index (Phi) is 8.82. The number of halogens is 3. The number of nitrogens with two attached hydrogens (primary N) is 1. The molecule has 0 radical (unpaired) electrons. The summed E-state index contributed by atoms with van der Waals surface area (Å²) in [4.78, 5) is 39.9. The molecule has 3 saturated heterocycles. The lowest BCUT2D eigenvalue weighted by molar-refractivity contribution is -0.192. The Labute approximate surface area is 186 Å². The number of nitrogens with zero attached hydrogens (tertiary/aromatic N) is 2. The number of hydroxylamine groups is 3. The van der Waals surface area contributed by atoms with Crippen LogP contribution in [0.1, 0.15) is 19.3 Å². The molecule has 0 aliphatic carbocycles. The molecule has 3 aliphatic heterocycles. The fourth-order valence-corrected chi connectivity index (χ4v) is 3.98. The van der Waals surface area contributed by atoms with Crippen molar-refractivity contribution in [1.29, 1.82) is 0 Å². The maximum atomic E-state index is 12.3. The van der Waals surface area contributed by atoms with Gasteiger partial charge in [-0.2, -0.15) is 26.7 Å². The van der Waals surface area contributed by atoms with Gasteiger partial charge in [-0.1, -0.05) is 0 Å². The fraction of sp³-hybridized carbons (Fsp3) is 0.800. The Morgan fingerprint density at radius 3 is 2.45 bits per heavy atom. The molecule has 0 aromatic heterocycles. The van der Waals surface area contributed by atoms with Gasteiger partial charge in [0.05, 0.1) is 12.6 Å². The largest absolute Gasteiger partial charge is 0.490 e. The topological polar surface area (TPSA) is 201 Å². The maximum Gasteiger partial charge on any atom is 0.490 e. The second kappa shape index (κ2) is 10.8. The number of alkyl halides is 3. The number of carboxylic acids is 1. The van der Waals surface area contributed by atoms with Gasteiger partial charge in [0.2, 0.25) is 0 Å². The molecule has 33 heavy (non-hydrogen) atoms. The van der Waals surface area contributed by atoms with Crippen LogP contribution in [0.25, 0.3) is 0 Å². The smallest absolute Gasteiger partial charge is 0.475 e. The molecule has 0 aromatic carbocycles. The zero-order chi connectivity index (χ0) is 25.0. The van der Waals surface area contributed by atoms with E-state index in [1.807, 2.05) is 0 Å². The van der Waals surface area contributed by atoms with Crippen LogP contribution in [0.5, 0.6) is 0 Å². The molecular weight excluding hydrogens is 483 g/mol. The highest BCUT2D eigenvalue weighted by molar-refractivity contribution is 7.80. The van der Waals surface area contributed by atoms with Gasteiger partial charge in [-0.3, -0.25) is 14.2 Å². The monoisotopic (exact) mass is 507 g/mol. The van der Waals surface area contributed by atoms with Crippen molar-refractivity contribution in [2.24, 2.45) is 11.7 Å². The molecule has 3 aliphatic rings. The summed E-state index contributed by atoms with van der Waals surface area (Å²) in [5.41, 5.74) is 7.96. The third-order valence-electron chi connectivity index (χ3n) is 5.15. The summed E-state index contributed by atoms with van der Waals surface area (Å²) in [5.74, 6) is -2.85. The van der Waals surface area contributed by atoms with E-state index in [2.05, 4.69) is 15.1 Å². The summed E-state index contributed by atoms with van der Waals surface area (Å²) in [6, 6.07) is -2.01. The fourth-order valence-electron chi connectivity index (χ4n) is 3.59. The number of hydrogen-bond donors (Lipinski definition) is 5. The van der Waals surface area contributed by atoms with E-state index < -0.39 is 46.6 Å². The Morgan fingerprint density at radius 2 is 1.94 bits per heavy atom. The van der Waals surface area contributed by atoms with Crippen molar-refractivity contribution >= 4 is 28.3 Å². The average Bonchev–Trinajstić information content (AvgIpc) is 3.26. The number of rotatable bonds is 7. The van der Waals surface area contributed by atoms with E-state index >= 15 is 0 Å². The lowest BCUT2D eigenvalue weighted by Gasteiger charge is -2.29. The van der Waals surface area contributed by atoms with Crippen molar-refractivity contribution in [2.45, 2.75) is 43.6 Å². The van der Waals surface area contributed by atoms with Crippen LogP contribution < -0.4 is 16.5 Å².